The van der Waals surface area contributed by atoms with Crippen LogP contribution in [-0.2, 0) is 11.0 Å². The first-order valence-electron chi connectivity index (χ1n) is 13.2. The van der Waals surface area contributed by atoms with Gasteiger partial charge in [-0.3, -0.25) is 9.97 Å². The molecule has 2 aromatic heterocycles. The third-order valence-electron chi connectivity index (χ3n) is 7.22. The molecule has 1 aliphatic rings. The van der Waals surface area contributed by atoms with Gasteiger partial charge in [-0.25, -0.2) is 9.97 Å². The minimum Gasteiger partial charge on any atom is -0.495 e. The number of benzene rings is 2. The molecule has 3 heterocycles. The third kappa shape index (κ3) is 5.87. The highest BCUT2D eigenvalue weighted by Gasteiger charge is 2.24. The van der Waals surface area contributed by atoms with Crippen LogP contribution in [-0.4, -0.2) is 70.4 Å². The molecule has 5 rings (SSSR count). The normalized spacial score (nSPS) is 14.9. The zero-order valence-corrected chi connectivity index (χ0v) is 24.0. The minimum atomic E-state index is -2.72. The highest BCUT2D eigenvalue weighted by molar-refractivity contribution is 7.71. The lowest BCUT2D eigenvalue weighted by molar-refractivity contribution is 0.254. The van der Waals surface area contributed by atoms with Gasteiger partial charge in [0.15, 0.2) is 0 Å². The maximum atomic E-state index is 13.2. The van der Waals surface area contributed by atoms with Crippen LogP contribution in [0.5, 0.6) is 5.75 Å². The molecule has 1 aliphatic heterocycles. The maximum Gasteiger partial charge on any atom is 0.232 e. The second kappa shape index (κ2) is 11.2. The number of nitrogens with one attached hydrogen (secondary N) is 2. The quantitative estimate of drug-likeness (QED) is 0.295. The van der Waals surface area contributed by atoms with E-state index in [2.05, 4.69) is 66.6 Å². The van der Waals surface area contributed by atoms with Crippen molar-refractivity contribution in [1.29, 1.82) is 0 Å². The van der Waals surface area contributed by atoms with E-state index >= 15 is 0 Å². The number of methoxy groups -OCH3 is 1. The second-order valence-electron chi connectivity index (χ2n) is 10.3. The molecule has 39 heavy (non-hydrogen) atoms. The fraction of sp³-hybridized carbons (Fsp3) is 0.393. The average Bonchev–Trinajstić information content (AvgIpc) is 2.92. The van der Waals surface area contributed by atoms with E-state index in [4.69, 9.17) is 4.74 Å². The van der Waals surface area contributed by atoms with Crippen molar-refractivity contribution in [3.8, 4) is 5.75 Å². The van der Waals surface area contributed by atoms with Gasteiger partial charge in [0, 0.05) is 12.4 Å². The Morgan fingerprint density at radius 2 is 1.69 bits per heavy atom. The summed E-state index contributed by atoms with van der Waals surface area (Å²) < 4.78 is 19.0. The Morgan fingerprint density at radius 1 is 1.00 bits per heavy atom. The topological polar surface area (TPSA) is 118 Å². The summed E-state index contributed by atoms with van der Waals surface area (Å²) in [6.07, 6.45) is 7.88. The van der Waals surface area contributed by atoms with Gasteiger partial charge in [-0.1, -0.05) is 6.92 Å². The number of hydrogen-bond donors (Lipinski definition) is 2. The first-order valence-corrected chi connectivity index (χ1v) is 15.8. The second-order valence-corrected chi connectivity index (χ2v) is 13.5. The van der Waals surface area contributed by atoms with Gasteiger partial charge in [0.05, 0.1) is 29.3 Å². The average molecular weight is 547 g/mol. The van der Waals surface area contributed by atoms with Crippen molar-refractivity contribution < 1.29 is 9.30 Å². The van der Waals surface area contributed by atoms with Gasteiger partial charge in [0.2, 0.25) is 11.9 Å². The molecule has 0 spiro atoms. The van der Waals surface area contributed by atoms with Crippen LogP contribution < -0.4 is 20.7 Å². The van der Waals surface area contributed by atoms with Crippen molar-refractivity contribution in [3.63, 3.8) is 0 Å². The van der Waals surface area contributed by atoms with Crippen molar-refractivity contribution in [2.24, 2.45) is 0 Å². The van der Waals surface area contributed by atoms with E-state index < -0.39 is 7.14 Å². The summed E-state index contributed by atoms with van der Waals surface area (Å²) in [5, 5.41) is 7.16. The zero-order chi connectivity index (χ0) is 27.6. The summed E-state index contributed by atoms with van der Waals surface area (Å²) in [7, 11) is 1.15. The molecule has 0 unspecified atom stereocenters. The van der Waals surface area contributed by atoms with Gasteiger partial charge in [-0.2, -0.15) is 4.98 Å². The lowest BCUT2D eigenvalue weighted by atomic mass is 9.85. The summed E-state index contributed by atoms with van der Waals surface area (Å²) >= 11 is 0. The first-order chi connectivity index (χ1) is 18.8. The molecule has 204 valence electrons. The number of likely N-dealkylation sites (tertiary alicyclic amines) is 1. The standard InChI is InChI=1S/C28H35N8O2P/c1-6-18-15-23(24(38-3)16-20(18)19-9-13-36(2)14-10-19)34-28-32-17-31-27(35-28)33-22-8-7-21-25(30-12-11-29-21)26(22)39(4,5)37/h7-8,11-12,15-17,19H,6,9-10,13-14H2,1-5H3,(H2,31,32,33,34,35). The van der Waals surface area contributed by atoms with E-state index in [1.54, 1.807) is 32.8 Å². The van der Waals surface area contributed by atoms with Crippen LogP contribution in [0.15, 0.2) is 43.0 Å². The molecule has 0 aliphatic carbocycles. The van der Waals surface area contributed by atoms with Crippen LogP contribution in [0.25, 0.3) is 11.0 Å². The Balaban J connectivity index is 1.44. The van der Waals surface area contributed by atoms with Crippen molar-refractivity contribution in [2.75, 3.05) is 51.2 Å². The summed E-state index contributed by atoms with van der Waals surface area (Å²) in [6.45, 7) is 7.83. The van der Waals surface area contributed by atoms with Crippen LogP contribution >= 0.6 is 7.14 Å². The van der Waals surface area contributed by atoms with Gasteiger partial charge in [0.1, 0.15) is 24.7 Å². The van der Waals surface area contributed by atoms with Crippen LogP contribution in [0.1, 0.15) is 36.8 Å². The van der Waals surface area contributed by atoms with E-state index in [9.17, 15) is 4.57 Å². The summed E-state index contributed by atoms with van der Waals surface area (Å²) in [5.74, 6) is 1.98. The van der Waals surface area contributed by atoms with E-state index in [1.807, 2.05) is 12.1 Å². The lowest BCUT2D eigenvalue weighted by Gasteiger charge is -2.31. The molecule has 1 saturated heterocycles. The molecule has 10 nitrogen and oxygen atoms in total. The molecule has 2 N–H and O–H groups in total. The molecule has 11 heteroatoms. The largest absolute Gasteiger partial charge is 0.495 e. The van der Waals surface area contributed by atoms with Crippen LogP contribution in [0.3, 0.4) is 0 Å². The molecule has 1 fully saturated rings. The molecule has 0 atom stereocenters. The number of rotatable bonds is 8. The minimum absolute atomic E-state index is 0.322. The fourth-order valence-electron chi connectivity index (χ4n) is 5.24. The predicted molar refractivity (Wildman–Crippen MR) is 157 cm³/mol. The van der Waals surface area contributed by atoms with E-state index in [0.29, 0.717) is 39.8 Å². The lowest BCUT2D eigenvalue weighted by Crippen LogP contribution is -2.29. The first kappa shape index (κ1) is 27.0. The molecule has 2 aromatic carbocycles. The van der Waals surface area contributed by atoms with Crippen molar-refractivity contribution in [2.45, 2.75) is 32.1 Å². The van der Waals surface area contributed by atoms with Crippen LogP contribution in [0.4, 0.5) is 23.3 Å². The highest BCUT2D eigenvalue weighted by Crippen LogP contribution is 2.41. The molecule has 4 aromatic rings. The zero-order valence-electron chi connectivity index (χ0n) is 23.1. The number of hydrogen-bond acceptors (Lipinski definition) is 10. The van der Waals surface area contributed by atoms with Crippen LogP contribution in [0.2, 0.25) is 0 Å². The van der Waals surface area contributed by atoms with Crippen molar-refractivity contribution in [1.82, 2.24) is 29.8 Å². The number of aryl methyl sites for hydroxylation is 1. The smallest absolute Gasteiger partial charge is 0.232 e. The number of anilines is 4. The van der Waals surface area contributed by atoms with Gasteiger partial charge < -0.3 is 24.8 Å². The third-order valence-corrected chi connectivity index (χ3v) is 8.75. The summed E-state index contributed by atoms with van der Waals surface area (Å²) in [4.78, 5) is 24.4. The Labute approximate surface area is 229 Å². The Hall–Kier alpha value is -3.62. The molecule has 0 radical (unpaired) electrons. The number of nitrogens with zero attached hydrogens (tertiary/aromatic N) is 6. The SMILES string of the molecule is CCc1cc(Nc2ncnc(Nc3ccc4nccnc4c3P(C)(C)=O)n2)c(OC)cc1C1CCN(C)CC1. The molecule has 0 bridgehead atoms. The summed E-state index contributed by atoms with van der Waals surface area (Å²) in [5.41, 5.74) is 5.37. The fourth-order valence-corrected chi connectivity index (χ4v) is 6.63. The maximum absolute atomic E-state index is 13.2. The van der Waals surface area contributed by atoms with Gasteiger partial charge in [-0.05, 0) is 94.0 Å². The Kier molecular flexibility index (Phi) is 7.77. The number of aromatic nitrogens is 5. The van der Waals surface area contributed by atoms with Gasteiger partial charge in [0.25, 0.3) is 0 Å². The van der Waals surface area contributed by atoms with E-state index in [1.165, 1.54) is 17.5 Å². The van der Waals surface area contributed by atoms with Crippen LogP contribution in [0, 0.1) is 0 Å². The molecular formula is C28H35N8O2P. The molecular weight excluding hydrogens is 511 g/mol. The van der Waals surface area contributed by atoms with Crippen molar-refractivity contribution in [3.05, 3.63) is 54.1 Å². The van der Waals surface area contributed by atoms with Gasteiger partial charge >= 0.3 is 0 Å². The Morgan fingerprint density at radius 3 is 2.36 bits per heavy atom. The molecule has 0 saturated carbocycles. The van der Waals surface area contributed by atoms with Gasteiger partial charge in [-0.15, -0.1) is 0 Å². The number of ether oxygens (including phenoxy) is 1. The summed E-state index contributed by atoms with van der Waals surface area (Å²) in [6, 6.07) is 7.99. The van der Waals surface area contributed by atoms with Crippen molar-refractivity contribution >= 4 is 46.8 Å². The number of piperidine rings is 1. The number of fused-ring (bicyclic) bond motifs is 1. The predicted octanol–water partition coefficient (Wildman–Crippen LogP) is 4.93. The Bertz CT molecular complexity index is 1530. The van der Waals surface area contributed by atoms with E-state index in [-0.39, 0.29) is 0 Å². The van der Waals surface area contributed by atoms with E-state index in [0.717, 1.165) is 43.8 Å². The molecule has 0 amide bonds. The highest BCUT2D eigenvalue weighted by atomic mass is 31.2. The monoisotopic (exact) mass is 546 g/mol.